The summed E-state index contributed by atoms with van der Waals surface area (Å²) in [5, 5.41) is 2.09. The Morgan fingerprint density at radius 3 is 2.45 bits per heavy atom. The van der Waals surface area contributed by atoms with Gasteiger partial charge in [0.05, 0.1) is 17.8 Å². The van der Waals surface area contributed by atoms with Gasteiger partial charge in [-0.1, -0.05) is 30.3 Å². The van der Waals surface area contributed by atoms with Gasteiger partial charge < -0.3 is 19.2 Å². The van der Waals surface area contributed by atoms with E-state index in [-0.39, 0.29) is 24.9 Å². The highest BCUT2D eigenvalue weighted by atomic mass is 127. The summed E-state index contributed by atoms with van der Waals surface area (Å²) in [7, 11) is 1.83. The van der Waals surface area contributed by atoms with Crippen LogP contribution in [0.3, 0.4) is 0 Å². The van der Waals surface area contributed by atoms with Crippen LogP contribution in [-0.4, -0.2) is 35.1 Å². The third kappa shape index (κ3) is 3.09. The minimum Gasteiger partial charge on any atom is -0.464 e. The van der Waals surface area contributed by atoms with Gasteiger partial charge in [-0.05, 0) is 113 Å². The highest BCUT2D eigenvalue weighted by Crippen LogP contribution is 2.61. The second kappa shape index (κ2) is 8.82. The van der Waals surface area contributed by atoms with E-state index in [1.807, 2.05) is 38.2 Å². The summed E-state index contributed by atoms with van der Waals surface area (Å²) in [6.07, 6.45) is 0.237. The number of fused-ring (bicyclic) bond motifs is 7. The highest BCUT2D eigenvalue weighted by Gasteiger charge is 2.67. The van der Waals surface area contributed by atoms with Gasteiger partial charge in [-0.25, -0.2) is 4.79 Å². The summed E-state index contributed by atoms with van der Waals surface area (Å²) in [6, 6.07) is 20.6. The van der Waals surface area contributed by atoms with Crippen molar-refractivity contribution in [2.24, 2.45) is 0 Å². The van der Waals surface area contributed by atoms with Crippen molar-refractivity contribution in [1.82, 2.24) is 9.55 Å². The fourth-order valence-electron chi connectivity index (χ4n) is 7.35. The van der Waals surface area contributed by atoms with Crippen LogP contribution in [0, 0.1) is 21.0 Å². The zero-order valence-electron chi connectivity index (χ0n) is 22.6. The van der Waals surface area contributed by atoms with Crippen molar-refractivity contribution in [2.45, 2.75) is 38.1 Å². The number of amides is 1. The number of nitrogens with one attached hydrogen (secondary N) is 1. The molecule has 0 radical (unpaired) electrons. The molecule has 0 unspecified atom stereocenters. The molecule has 1 spiro atoms. The van der Waals surface area contributed by atoms with Crippen molar-refractivity contribution < 1.29 is 14.3 Å². The predicted molar refractivity (Wildman–Crippen MR) is 174 cm³/mol. The monoisotopic (exact) mass is 755 g/mol. The molecular formula is C32H27I2N3O3. The molecule has 0 saturated carbocycles. The zero-order valence-corrected chi connectivity index (χ0v) is 26.9. The molecular weight excluding hydrogens is 728 g/mol. The average Bonchev–Trinajstić information content (AvgIpc) is 3.60. The summed E-state index contributed by atoms with van der Waals surface area (Å²) in [5.74, 6) is -0.377. The van der Waals surface area contributed by atoms with E-state index >= 15 is 0 Å². The van der Waals surface area contributed by atoms with Crippen LogP contribution < -0.4 is 4.90 Å². The molecule has 202 valence electrons. The molecule has 40 heavy (non-hydrogen) atoms. The van der Waals surface area contributed by atoms with E-state index in [0.717, 1.165) is 62.7 Å². The third-order valence-corrected chi connectivity index (χ3v) is 10.3. The third-order valence-electron chi connectivity index (χ3n) is 8.93. The van der Waals surface area contributed by atoms with E-state index in [1.54, 1.807) is 4.90 Å². The number of carbonyl (C=O) groups excluding carboxylic acids is 2. The predicted octanol–water partition coefficient (Wildman–Crippen LogP) is 6.92. The van der Waals surface area contributed by atoms with Crippen molar-refractivity contribution in [3.05, 3.63) is 95.9 Å². The van der Waals surface area contributed by atoms with Gasteiger partial charge in [0.15, 0.2) is 5.54 Å². The summed E-state index contributed by atoms with van der Waals surface area (Å²) in [6.45, 7) is 6.22. The van der Waals surface area contributed by atoms with Gasteiger partial charge in [-0.15, -0.1) is 0 Å². The first-order valence-electron chi connectivity index (χ1n) is 13.3. The number of nitrogens with zero attached hydrogens (tertiary/aromatic N) is 2. The van der Waals surface area contributed by atoms with Crippen molar-refractivity contribution in [1.29, 1.82) is 0 Å². The van der Waals surface area contributed by atoms with Crippen molar-refractivity contribution in [3.8, 4) is 0 Å². The smallest absolute Gasteiger partial charge is 0.338 e. The van der Waals surface area contributed by atoms with Crippen LogP contribution in [0.4, 0.5) is 5.69 Å². The van der Waals surface area contributed by atoms with Gasteiger partial charge in [0, 0.05) is 48.3 Å². The number of hydrogen-bond acceptors (Lipinski definition) is 3. The van der Waals surface area contributed by atoms with Crippen molar-refractivity contribution in [2.75, 3.05) is 18.6 Å². The molecule has 2 atom stereocenters. The number of aromatic amines is 1. The molecule has 1 N–H and O–H groups in total. The molecule has 3 aromatic carbocycles. The Morgan fingerprint density at radius 1 is 1.00 bits per heavy atom. The largest absolute Gasteiger partial charge is 0.464 e. The van der Waals surface area contributed by atoms with Gasteiger partial charge in [0.25, 0.3) is 0 Å². The lowest BCUT2D eigenvalue weighted by atomic mass is 9.71. The second-order valence-corrected chi connectivity index (χ2v) is 13.3. The Labute approximate surface area is 259 Å². The van der Waals surface area contributed by atoms with Crippen LogP contribution in [0.25, 0.3) is 21.8 Å². The summed E-state index contributed by atoms with van der Waals surface area (Å²) >= 11 is 4.63. The average molecular weight is 755 g/mol. The number of anilines is 1. The number of halogens is 2. The van der Waals surface area contributed by atoms with Crippen LogP contribution in [-0.2, 0) is 25.3 Å². The molecule has 0 bridgehead atoms. The normalized spacial score (nSPS) is 21.6. The molecule has 0 fully saturated rings. The summed E-state index contributed by atoms with van der Waals surface area (Å²) < 4.78 is 10.3. The minimum atomic E-state index is -1.29. The Balaban J connectivity index is 1.69. The molecule has 8 heteroatoms. The fourth-order valence-corrected chi connectivity index (χ4v) is 8.32. The topological polar surface area (TPSA) is 67.3 Å². The molecule has 2 aliphatic rings. The quantitative estimate of drug-likeness (QED) is 0.161. The molecule has 1 amide bonds. The number of benzene rings is 3. The lowest BCUT2D eigenvalue weighted by Crippen LogP contribution is -2.45. The van der Waals surface area contributed by atoms with Gasteiger partial charge in [-0.3, -0.25) is 4.79 Å². The van der Waals surface area contributed by atoms with Crippen LogP contribution in [0.5, 0.6) is 0 Å². The van der Waals surface area contributed by atoms with Crippen LogP contribution >= 0.6 is 45.2 Å². The number of aromatic nitrogens is 2. The molecule has 0 saturated heterocycles. The number of hydrogen-bond donors (Lipinski definition) is 1. The SMILES string of the molecule is CCOC(=O)[C@]1(c2[nH]c3cc(I)ccc3c2C)C[C@@]2(C(=O)N(C)c3ccccc32)c2c(C)c3ccc(I)cc3n21. The number of aryl methyl sites for hydroxylation is 2. The number of carbonyl (C=O) groups is 2. The summed E-state index contributed by atoms with van der Waals surface area (Å²) in [4.78, 5) is 34.6. The lowest BCUT2D eigenvalue weighted by Gasteiger charge is -2.32. The molecule has 5 aromatic rings. The van der Waals surface area contributed by atoms with E-state index in [9.17, 15) is 9.59 Å². The molecule has 7 rings (SSSR count). The number of para-hydroxylation sites is 1. The zero-order chi connectivity index (χ0) is 28.1. The molecule has 0 aliphatic carbocycles. The fraction of sp³-hybridized carbons (Fsp3) is 0.250. The van der Waals surface area contributed by atoms with Gasteiger partial charge in [0.2, 0.25) is 5.91 Å². The maximum Gasteiger partial charge on any atom is 0.338 e. The maximum absolute atomic E-state index is 14.6. The van der Waals surface area contributed by atoms with Gasteiger partial charge >= 0.3 is 5.97 Å². The van der Waals surface area contributed by atoms with Crippen LogP contribution in [0.2, 0.25) is 0 Å². The van der Waals surface area contributed by atoms with Gasteiger partial charge in [0.1, 0.15) is 5.41 Å². The first-order valence-corrected chi connectivity index (χ1v) is 15.5. The maximum atomic E-state index is 14.6. The van der Waals surface area contributed by atoms with Crippen LogP contribution in [0.15, 0.2) is 60.7 Å². The summed E-state index contributed by atoms with van der Waals surface area (Å²) in [5.41, 5.74) is 5.00. The first kappa shape index (κ1) is 26.1. The van der Waals surface area contributed by atoms with Gasteiger partial charge in [-0.2, -0.15) is 0 Å². The van der Waals surface area contributed by atoms with E-state index in [4.69, 9.17) is 4.74 Å². The number of rotatable bonds is 3. The Hall–Kier alpha value is -2.86. The Kier molecular flexibility index (Phi) is 5.75. The van der Waals surface area contributed by atoms with E-state index in [0.29, 0.717) is 0 Å². The number of H-pyrrole nitrogens is 1. The van der Waals surface area contributed by atoms with E-state index in [1.165, 1.54) is 0 Å². The lowest BCUT2D eigenvalue weighted by molar-refractivity contribution is -0.151. The number of ether oxygens (including phenoxy) is 1. The first-order chi connectivity index (χ1) is 19.2. The Bertz CT molecular complexity index is 1920. The van der Waals surface area contributed by atoms with Crippen molar-refractivity contribution >= 4 is 84.6 Å². The molecule has 2 aromatic heterocycles. The molecule has 2 aliphatic heterocycles. The van der Waals surface area contributed by atoms with Crippen molar-refractivity contribution in [3.63, 3.8) is 0 Å². The minimum absolute atomic E-state index is 0.0231. The Morgan fingerprint density at radius 2 is 1.70 bits per heavy atom. The van der Waals surface area contributed by atoms with Crippen LogP contribution in [0.1, 0.15) is 41.4 Å². The highest BCUT2D eigenvalue weighted by molar-refractivity contribution is 14.1. The number of esters is 1. The standard InChI is InChI=1S/C32H27I2N3O3/c1-5-40-30(39)32(27-17(2)21-12-10-19(33)14-24(21)35-27)16-31(23-8-6-7-9-25(23)36(4)29(31)38)28-18(3)22-13-11-20(34)15-26(22)37(28)32/h6-15,35H,5,16H2,1-4H3/t31-,32+/m0/s1. The molecule has 4 heterocycles. The molecule has 6 nitrogen and oxygen atoms in total. The number of likely N-dealkylation sites (N-methyl/N-ethyl adjacent to an activating group) is 1. The second-order valence-electron chi connectivity index (χ2n) is 10.8. The van der Waals surface area contributed by atoms with E-state index < -0.39 is 11.0 Å². The van der Waals surface area contributed by atoms with E-state index in [2.05, 4.69) is 105 Å².